The molecule has 0 aromatic heterocycles. The predicted octanol–water partition coefficient (Wildman–Crippen LogP) is 28.4. The maximum atomic E-state index is 12.6. The van der Waals surface area contributed by atoms with E-state index in [0.29, 0.717) is 25.9 Å². The molecule has 92 heavy (non-hydrogen) atoms. The van der Waals surface area contributed by atoms with E-state index in [2.05, 4.69) is 43.5 Å². The monoisotopic (exact) mass is 1290 g/mol. The lowest BCUT2D eigenvalue weighted by Crippen LogP contribution is -2.45. The molecule has 0 aliphatic heterocycles. The number of hydrogen-bond acceptors (Lipinski definition) is 5. The van der Waals surface area contributed by atoms with Gasteiger partial charge in [0.1, 0.15) is 0 Å². The standard InChI is InChI=1S/C86H167NO5/c1-3-5-7-9-11-13-15-17-19-21-23-24-25-33-36-39-43-46-50-54-58-62-66-70-74-78-84(89)83(82-88)87-85(90)79-75-71-67-63-59-55-51-47-44-40-37-34-31-29-27-26-28-30-32-35-38-41-45-49-53-57-61-65-69-73-77-81-92-86(91)80-76-72-68-64-60-56-52-48-42-22-20-18-16-14-12-10-8-6-4-2/h18,20,28,30,83-84,88-89H,3-17,19,21-27,29,31-82H2,1-2H3,(H,87,90)/b20-18-,30-28-. The molecular weight excluding hydrogens is 1130 g/mol. The zero-order chi connectivity index (χ0) is 66.3. The Bertz CT molecular complexity index is 1450. The Kier molecular flexibility index (Phi) is 80.3. The Morgan fingerprint density at radius 2 is 0.511 bits per heavy atom. The quantitative estimate of drug-likeness (QED) is 0.0320. The molecule has 0 fully saturated rings. The summed E-state index contributed by atoms with van der Waals surface area (Å²) in [5.41, 5.74) is 0. The molecule has 6 nitrogen and oxygen atoms in total. The van der Waals surface area contributed by atoms with Crippen molar-refractivity contribution in [2.75, 3.05) is 13.2 Å². The van der Waals surface area contributed by atoms with Gasteiger partial charge in [-0.05, 0) is 77.0 Å². The van der Waals surface area contributed by atoms with Gasteiger partial charge in [-0.3, -0.25) is 9.59 Å². The molecule has 2 unspecified atom stereocenters. The molecule has 0 spiro atoms. The SMILES string of the molecule is CCCCCCCC/C=C\CCCCCCCCCCCC(=O)OCCCCCCCCCCCCCC/C=C\CCCCCCCCCCCCCCCCCC(=O)NC(CO)C(O)CCCCCCCCCCCCCCCCCCCCCCCCCCC. The van der Waals surface area contributed by atoms with E-state index in [9.17, 15) is 19.8 Å². The topological polar surface area (TPSA) is 95.9 Å². The minimum absolute atomic E-state index is 0.0186. The summed E-state index contributed by atoms with van der Waals surface area (Å²) in [6.07, 6.45) is 106. The van der Waals surface area contributed by atoms with Crippen molar-refractivity contribution in [3.05, 3.63) is 24.3 Å². The Hall–Kier alpha value is -1.66. The molecule has 2 atom stereocenters. The van der Waals surface area contributed by atoms with E-state index in [-0.39, 0.29) is 18.5 Å². The highest BCUT2D eigenvalue weighted by molar-refractivity contribution is 5.76. The second-order valence-electron chi connectivity index (χ2n) is 29.5. The van der Waals surface area contributed by atoms with Crippen molar-refractivity contribution < 1.29 is 24.5 Å². The number of aliphatic hydroxyl groups is 2. The molecule has 0 aromatic rings. The maximum absolute atomic E-state index is 12.6. The lowest BCUT2D eigenvalue weighted by Gasteiger charge is -2.22. The predicted molar refractivity (Wildman–Crippen MR) is 407 cm³/mol. The Morgan fingerprint density at radius 1 is 0.293 bits per heavy atom. The Balaban J connectivity index is 3.35. The second-order valence-corrected chi connectivity index (χ2v) is 29.5. The molecule has 0 saturated carbocycles. The van der Waals surface area contributed by atoms with E-state index in [4.69, 9.17) is 4.74 Å². The fraction of sp³-hybridized carbons (Fsp3) is 0.930. The van der Waals surface area contributed by atoms with E-state index < -0.39 is 12.1 Å². The fourth-order valence-electron chi connectivity index (χ4n) is 13.8. The van der Waals surface area contributed by atoms with Crippen molar-refractivity contribution in [3.63, 3.8) is 0 Å². The number of esters is 1. The largest absolute Gasteiger partial charge is 0.466 e. The number of amides is 1. The summed E-state index contributed by atoms with van der Waals surface area (Å²) in [6, 6.07) is -0.542. The van der Waals surface area contributed by atoms with Gasteiger partial charge < -0.3 is 20.3 Å². The molecule has 0 aliphatic carbocycles. The molecule has 0 rings (SSSR count). The number of rotatable bonds is 81. The zero-order valence-electron chi connectivity index (χ0n) is 62.8. The van der Waals surface area contributed by atoms with Crippen molar-refractivity contribution in [2.24, 2.45) is 0 Å². The molecular formula is C86H167NO5. The summed E-state index contributed by atoms with van der Waals surface area (Å²) in [7, 11) is 0. The van der Waals surface area contributed by atoms with Crippen molar-refractivity contribution in [1.29, 1.82) is 0 Å². The van der Waals surface area contributed by atoms with E-state index in [0.717, 1.165) is 38.5 Å². The van der Waals surface area contributed by atoms with Gasteiger partial charge >= 0.3 is 5.97 Å². The fourth-order valence-corrected chi connectivity index (χ4v) is 13.8. The summed E-state index contributed by atoms with van der Waals surface area (Å²) < 4.78 is 5.52. The molecule has 6 heteroatoms. The number of nitrogens with one attached hydrogen (secondary N) is 1. The average Bonchev–Trinajstić information content (AvgIpc) is 3.60. The normalized spacial score (nSPS) is 12.5. The van der Waals surface area contributed by atoms with Crippen LogP contribution in [0.1, 0.15) is 489 Å². The molecule has 0 radical (unpaired) electrons. The number of carbonyl (C=O) groups excluding carboxylic acids is 2. The van der Waals surface area contributed by atoms with Gasteiger partial charge in [-0.2, -0.15) is 0 Å². The highest BCUT2D eigenvalue weighted by Crippen LogP contribution is 2.21. The Morgan fingerprint density at radius 3 is 0.772 bits per heavy atom. The van der Waals surface area contributed by atoms with Gasteiger partial charge in [0.25, 0.3) is 0 Å². The van der Waals surface area contributed by atoms with Crippen LogP contribution in [0.3, 0.4) is 0 Å². The lowest BCUT2D eigenvalue weighted by molar-refractivity contribution is -0.143. The second kappa shape index (κ2) is 81.8. The van der Waals surface area contributed by atoms with Crippen LogP contribution >= 0.6 is 0 Å². The van der Waals surface area contributed by atoms with Crippen LogP contribution < -0.4 is 5.32 Å². The Labute approximate surface area is 577 Å². The van der Waals surface area contributed by atoms with Crippen LogP contribution in [0.5, 0.6) is 0 Å². The first-order chi connectivity index (χ1) is 45.5. The van der Waals surface area contributed by atoms with Gasteiger partial charge in [-0.15, -0.1) is 0 Å². The van der Waals surface area contributed by atoms with Crippen molar-refractivity contribution in [2.45, 2.75) is 501 Å². The van der Waals surface area contributed by atoms with Crippen LogP contribution in [0.4, 0.5) is 0 Å². The summed E-state index contributed by atoms with van der Waals surface area (Å²) in [5.74, 6) is -0.00795. The molecule has 0 aliphatic rings. The van der Waals surface area contributed by atoms with Crippen LogP contribution in [-0.2, 0) is 14.3 Å². The summed E-state index contributed by atoms with van der Waals surface area (Å²) in [4.78, 5) is 24.7. The third-order valence-electron chi connectivity index (χ3n) is 20.2. The highest BCUT2D eigenvalue weighted by atomic mass is 16.5. The summed E-state index contributed by atoms with van der Waals surface area (Å²) in [6.45, 7) is 5.01. The molecule has 0 saturated heterocycles. The third-order valence-corrected chi connectivity index (χ3v) is 20.2. The molecule has 1 amide bonds. The summed E-state index contributed by atoms with van der Waals surface area (Å²) >= 11 is 0. The van der Waals surface area contributed by atoms with Gasteiger partial charge in [0, 0.05) is 12.8 Å². The zero-order valence-corrected chi connectivity index (χ0v) is 62.8. The number of carbonyl (C=O) groups is 2. The molecule has 0 aromatic carbocycles. The van der Waals surface area contributed by atoms with Crippen LogP contribution in [0, 0.1) is 0 Å². The molecule has 546 valence electrons. The third kappa shape index (κ3) is 77.3. The van der Waals surface area contributed by atoms with E-state index in [1.807, 2.05) is 0 Å². The molecule has 0 heterocycles. The van der Waals surface area contributed by atoms with Crippen LogP contribution in [0.25, 0.3) is 0 Å². The van der Waals surface area contributed by atoms with E-state index in [1.165, 1.54) is 417 Å². The number of aliphatic hydroxyl groups excluding tert-OH is 2. The molecule has 3 N–H and O–H groups in total. The molecule has 0 bridgehead atoms. The van der Waals surface area contributed by atoms with E-state index in [1.54, 1.807) is 0 Å². The van der Waals surface area contributed by atoms with Crippen LogP contribution in [0.15, 0.2) is 24.3 Å². The van der Waals surface area contributed by atoms with Crippen LogP contribution in [0.2, 0.25) is 0 Å². The lowest BCUT2D eigenvalue weighted by atomic mass is 10.0. The minimum Gasteiger partial charge on any atom is -0.466 e. The number of allylic oxidation sites excluding steroid dienone is 4. The number of unbranched alkanes of at least 4 members (excludes halogenated alkanes) is 66. The van der Waals surface area contributed by atoms with Gasteiger partial charge in [0.15, 0.2) is 0 Å². The minimum atomic E-state index is -0.665. The van der Waals surface area contributed by atoms with Gasteiger partial charge in [0.05, 0.1) is 25.4 Å². The maximum Gasteiger partial charge on any atom is 0.305 e. The van der Waals surface area contributed by atoms with Gasteiger partial charge in [-0.1, -0.05) is 423 Å². The van der Waals surface area contributed by atoms with Gasteiger partial charge in [-0.25, -0.2) is 0 Å². The van der Waals surface area contributed by atoms with Crippen LogP contribution in [-0.4, -0.2) is 47.4 Å². The van der Waals surface area contributed by atoms with Crippen molar-refractivity contribution >= 4 is 11.9 Å². The first-order valence-electron chi connectivity index (χ1n) is 42.6. The number of ether oxygens (including phenoxy) is 1. The first-order valence-corrected chi connectivity index (χ1v) is 42.6. The first kappa shape index (κ1) is 90.3. The van der Waals surface area contributed by atoms with Gasteiger partial charge in [0.2, 0.25) is 5.91 Å². The van der Waals surface area contributed by atoms with E-state index >= 15 is 0 Å². The summed E-state index contributed by atoms with van der Waals surface area (Å²) in [5, 5.41) is 23.5. The van der Waals surface area contributed by atoms with Crippen molar-refractivity contribution in [3.8, 4) is 0 Å². The smallest absolute Gasteiger partial charge is 0.305 e. The van der Waals surface area contributed by atoms with Crippen molar-refractivity contribution in [1.82, 2.24) is 5.32 Å². The highest BCUT2D eigenvalue weighted by Gasteiger charge is 2.20. The number of hydrogen-bond donors (Lipinski definition) is 3. The average molecular weight is 1300 g/mol.